The Morgan fingerprint density at radius 2 is 1.76 bits per heavy atom. The molecule has 2 aromatic rings. The third-order valence-corrected chi connectivity index (χ3v) is 4.02. The molecule has 2 aromatic carbocycles. The number of hydrogen-bond donors (Lipinski definition) is 2. The van der Waals surface area contributed by atoms with Crippen LogP contribution < -0.4 is 5.14 Å². The molecule has 0 aliphatic carbocycles. The molecule has 2 rings (SSSR count). The number of primary sulfonamides is 1. The molecular weight excluding hydrogens is 321 g/mol. The first kappa shape index (κ1) is 15.4. The number of benzene rings is 2. The quantitative estimate of drug-likeness (QED) is 0.904. The number of sulfonamides is 1. The van der Waals surface area contributed by atoms with Gasteiger partial charge < -0.3 is 5.11 Å². The lowest BCUT2D eigenvalue weighted by atomic mass is 10.0. The minimum atomic E-state index is -3.84. The van der Waals surface area contributed by atoms with E-state index in [2.05, 4.69) is 0 Å². The van der Waals surface area contributed by atoms with Gasteiger partial charge >= 0.3 is 5.97 Å². The molecule has 110 valence electrons. The summed E-state index contributed by atoms with van der Waals surface area (Å²) >= 11 is 5.79. The van der Waals surface area contributed by atoms with Crippen molar-refractivity contribution in [2.24, 2.45) is 5.14 Å². The molecule has 0 bridgehead atoms. The van der Waals surface area contributed by atoms with Crippen LogP contribution in [-0.4, -0.2) is 19.5 Å². The van der Waals surface area contributed by atoms with Gasteiger partial charge in [-0.15, -0.1) is 0 Å². The summed E-state index contributed by atoms with van der Waals surface area (Å²) in [6, 6.07) is 7.15. The van der Waals surface area contributed by atoms with Crippen LogP contribution >= 0.6 is 11.6 Å². The van der Waals surface area contributed by atoms with Crippen LogP contribution in [0.5, 0.6) is 0 Å². The van der Waals surface area contributed by atoms with Crippen molar-refractivity contribution >= 4 is 27.6 Å². The van der Waals surface area contributed by atoms with Gasteiger partial charge in [0.1, 0.15) is 5.82 Å². The number of carbonyl (C=O) groups is 1. The first-order valence-electron chi connectivity index (χ1n) is 5.55. The molecule has 0 amide bonds. The maximum Gasteiger partial charge on any atom is 0.337 e. The van der Waals surface area contributed by atoms with Gasteiger partial charge in [0.25, 0.3) is 0 Å². The van der Waals surface area contributed by atoms with E-state index in [1.54, 1.807) is 0 Å². The summed E-state index contributed by atoms with van der Waals surface area (Å²) in [4.78, 5) is 10.7. The van der Waals surface area contributed by atoms with Crippen LogP contribution in [0.2, 0.25) is 5.02 Å². The monoisotopic (exact) mass is 329 g/mol. The molecule has 0 aliphatic heterocycles. The third-order valence-electron chi connectivity index (χ3n) is 2.78. The van der Waals surface area contributed by atoms with Gasteiger partial charge in [-0.05, 0) is 29.8 Å². The number of carboxylic acids is 1. The minimum absolute atomic E-state index is 0.0611. The number of aromatic carboxylic acids is 1. The Balaban J connectivity index is 2.53. The smallest absolute Gasteiger partial charge is 0.337 e. The number of hydrogen-bond acceptors (Lipinski definition) is 3. The van der Waals surface area contributed by atoms with E-state index in [4.69, 9.17) is 21.8 Å². The van der Waals surface area contributed by atoms with Gasteiger partial charge in [-0.2, -0.15) is 0 Å². The molecule has 5 nitrogen and oxygen atoms in total. The van der Waals surface area contributed by atoms with Gasteiger partial charge in [-0.1, -0.05) is 23.7 Å². The maximum absolute atomic E-state index is 13.9. The minimum Gasteiger partial charge on any atom is -0.478 e. The highest BCUT2D eigenvalue weighted by Crippen LogP contribution is 2.29. The standard InChI is InChI=1S/C13H9ClFNO4S/c14-11-5-9(12(15)6-10(11)13(17)18)7-1-3-8(4-2-7)21(16,19)20/h1-6H,(H,17,18)(H2,16,19,20). The van der Waals surface area contributed by atoms with E-state index >= 15 is 0 Å². The highest BCUT2D eigenvalue weighted by molar-refractivity contribution is 7.89. The number of rotatable bonds is 3. The van der Waals surface area contributed by atoms with Crippen molar-refractivity contribution in [1.29, 1.82) is 0 Å². The van der Waals surface area contributed by atoms with Crippen LogP contribution in [0.1, 0.15) is 10.4 Å². The number of halogens is 2. The van der Waals surface area contributed by atoms with E-state index in [1.165, 1.54) is 30.3 Å². The fraction of sp³-hybridized carbons (Fsp3) is 0. The van der Waals surface area contributed by atoms with E-state index < -0.39 is 21.8 Å². The molecule has 0 saturated heterocycles. The topological polar surface area (TPSA) is 97.5 Å². The molecule has 0 heterocycles. The lowest BCUT2D eigenvalue weighted by Gasteiger charge is -2.07. The summed E-state index contributed by atoms with van der Waals surface area (Å²) in [6.07, 6.45) is 0. The van der Waals surface area contributed by atoms with E-state index in [1.807, 2.05) is 0 Å². The Bertz CT molecular complexity index is 819. The Hall–Kier alpha value is -1.96. The molecule has 0 spiro atoms. The second-order valence-corrected chi connectivity index (χ2v) is 6.16. The van der Waals surface area contributed by atoms with Crippen LogP contribution in [0, 0.1) is 5.82 Å². The molecule has 21 heavy (non-hydrogen) atoms. The fourth-order valence-corrected chi connectivity index (χ4v) is 2.52. The van der Waals surface area contributed by atoms with Crippen LogP contribution in [0.4, 0.5) is 4.39 Å². The molecular formula is C13H9ClFNO4S. The van der Waals surface area contributed by atoms with Crippen molar-refractivity contribution in [2.75, 3.05) is 0 Å². The summed E-state index contributed by atoms with van der Waals surface area (Å²) in [5.41, 5.74) is 0.0591. The summed E-state index contributed by atoms with van der Waals surface area (Å²) in [7, 11) is -3.84. The fourth-order valence-electron chi connectivity index (χ4n) is 1.76. The molecule has 0 atom stereocenters. The van der Waals surface area contributed by atoms with Gasteiger partial charge in [-0.25, -0.2) is 22.7 Å². The summed E-state index contributed by atoms with van der Waals surface area (Å²) in [5.74, 6) is -2.12. The summed E-state index contributed by atoms with van der Waals surface area (Å²) < 4.78 is 36.2. The summed E-state index contributed by atoms with van der Waals surface area (Å²) in [6.45, 7) is 0. The molecule has 3 N–H and O–H groups in total. The van der Waals surface area contributed by atoms with Crippen molar-refractivity contribution in [3.8, 4) is 11.1 Å². The van der Waals surface area contributed by atoms with E-state index in [0.29, 0.717) is 5.56 Å². The highest BCUT2D eigenvalue weighted by atomic mass is 35.5. The number of nitrogens with two attached hydrogens (primary N) is 1. The third kappa shape index (κ3) is 3.21. The van der Waals surface area contributed by atoms with Crippen LogP contribution in [0.3, 0.4) is 0 Å². The van der Waals surface area contributed by atoms with E-state index in [0.717, 1.165) is 6.07 Å². The Morgan fingerprint density at radius 3 is 2.24 bits per heavy atom. The SMILES string of the molecule is NS(=O)(=O)c1ccc(-c2cc(Cl)c(C(=O)O)cc2F)cc1. The molecule has 0 unspecified atom stereocenters. The molecule has 0 aliphatic rings. The van der Waals surface area contributed by atoms with Gasteiger partial charge in [0, 0.05) is 5.56 Å². The lowest BCUT2D eigenvalue weighted by molar-refractivity contribution is 0.0696. The van der Waals surface area contributed by atoms with E-state index in [-0.39, 0.29) is 21.0 Å². The zero-order valence-electron chi connectivity index (χ0n) is 10.4. The Morgan fingerprint density at radius 1 is 1.19 bits per heavy atom. The molecule has 8 heteroatoms. The van der Waals surface area contributed by atoms with Gasteiger partial charge in [-0.3, -0.25) is 0 Å². The van der Waals surface area contributed by atoms with Crippen molar-refractivity contribution in [3.63, 3.8) is 0 Å². The van der Waals surface area contributed by atoms with Gasteiger partial charge in [0.15, 0.2) is 0 Å². The molecule has 0 radical (unpaired) electrons. The van der Waals surface area contributed by atoms with Crippen LogP contribution in [0.15, 0.2) is 41.3 Å². The lowest BCUT2D eigenvalue weighted by Crippen LogP contribution is -2.11. The van der Waals surface area contributed by atoms with Gasteiger partial charge in [0.05, 0.1) is 15.5 Å². The predicted molar refractivity (Wildman–Crippen MR) is 75.2 cm³/mol. The van der Waals surface area contributed by atoms with E-state index in [9.17, 15) is 17.6 Å². The van der Waals surface area contributed by atoms with Crippen molar-refractivity contribution in [1.82, 2.24) is 0 Å². The first-order chi connectivity index (χ1) is 9.70. The Kier molecular flexibility index (Phi) is 3.99. The zero-order valence-corrected chi connectivity index (χ0v) is 12.0. The normalized spacial score (nSPS) is 11.4. The molecule has 0 aromatic heterocycles. The van der Waals surface area contributed by atoms with Crippen LogP contribution in [-0.2, 0) is 10.0 Å². The first-order valence-corrected chi connectivity index (χ1v) is 7.48. The maximum atomic E-state index is 13.9. The van der Waals surface area contributed by atoms with Crippen molar-refractivity contribution < 1.29 is 22.7 Å². The van der Waals surface area contributed by atoms with Gasteiger partial charge in [0.2, 0.25) is 10.0 Å². The second-order valence-electron chi connectivity index (χ2n) is 4.19. The van der Waals surface area contributed by atoms with Crippen molar-refractivity contribution in [3.05, 3.63) is 52.8 Å². The second kappa shape index (κ2) is 5.44. The largest absolute Gasteiger partial charge is 0.478 e. The highest BCUT2D eigenvalue weighted by Gasteiger charge is 2.15. The predicted octanol–water partition coefficient (Wildman–Crippen LogP) is 2.49. The molecule has 0 saturated carbocycles. The number of carboxylic acid groups (broad SMARTS) is 1. The van der Waals surface area contributed by atoms with Crippen molar-refractivity contribution in [2.45, 2.75) is 4.90 Å². The zero-order chi connectivity index (χ0) is 15.8. The van der Waals surface area contributed by atoms with Crippen LogP contribution in [0.25, 0.3) is 11.1 Å². The summed E-state index contributed by atoms with van der Waals surface area (Å²) in [5, 5.41) is 13.7. The average Bonchev–Trinajstić information content (AvgIpc) is 2.40. The molecule has 0 fully saturated rings. The average molecular weight is 330 g/mol. The Labute approximate surface area is 124 Å².